The molecule has 0 bridgehead atoms. The third-order valence-corrected chi connectivity index (χ3v) is 15.5. The first-order valence-electron chi connectivity index (χ1n) is 33.4. The maximum Gasteiger partial charge on any atom is 0.472 e. The number of phosphoric ester groups is 1. The van der Waals surface area contributed by atoms with Crippen molar-refractivity contribution in [3.63, 3.8) is 0 Å². The second kappa shape index (κ2) is 59.4. The number of esters is 1. The molecule has 10 heteroatoms. The minimum atomic E-state index is -4.46. The van der Waals surface area contributed by atoms with E-state index in [0.29, 0.717) is 23.9 Å². The molecule has 0 aliphatic heterocycles. The average Bonchev–Trinajstić information content (AvgIpc) is 3.43. The van der Waals surface area contributed by atoms with E-state index in [1.165, 1.54) is 173 Å². The van der Waals surface area contributed by atoms with Crippen LogP contribution in [0.5, 0.6) is 0 Å². The molecule has 0 aliphatic rings. The van der Waals surface area contributed by atoms with Gasteiger partial charge in [-0.2, -0.15) is 0 Å². The molecule has 80 heavy (non-hydrogen) atoms. The number of rotatable bonds is 60. The lowest BCUT2D eigenvalue weighted by molar-refractivity contribution is -0.870. The lowest BCUT2D eigenvalue weighted by Gasteiger charge is -2.27. The number of ether oxygens (including phenoxy) is 1. The van der Waals surface area contributed by atoms with Crippen molar-refractivity contribution in [3.8, 4) is 0 Å². The molecule has 3 unspecified atom stereocenters. The SMILES string of the molecule is CCCCC/C=C\C/C=C\C/C=C\C/C=C\CCCCCC(=O)OC(/C=C\CCCCCCCCCCCC)C(COP(=O)(O)OCC[N+](C)(C)C)NC(=O)CCCCCCCCCCCCCCC/C=C\C/C=C\CCCCC. The van der Waals surface area contributed by atoms with Gasteiger partial charge >= 0.3 is 13.8 Å². The molecule has 0 saturated carbocycles. The first kappa shape index (κ1) is 77.2. The van der Waals surface area contributed by atoms with Crippen molar-refractivity contribution in [2.24, 2.45) is 0 Å². The summed E-state index contributed by atoms with van der Waals surface area (Å²) in [5, 5.41) is 3.06. The van der Waals surface area contributed by atoms with Gasteiger partial charge in [-0.05, 0) is 109 Å². The van der Waals surface area contributed by atoms with Gasteiger partial charge in [0, 0.05) is 12.8 Å². The number of amides is 1. The highest BCUT2D eigenvalue weighted by Gasteiger charge is 2.30. The van der Waals surface area contributed by atoms with Crippen molar-refractivity contribution in [1.82, 2.24) is 5.32 Å². The van der Waals surface area contributed by atoms with Gasteiger partial charge in [0.25, 0.3) is 0 Å². The van der Waals surface area contributed by atoms with Crippen LogP contribution in [0.15, 0.2) is 85.1 Å². The quantitative estimate of drug-likeness (QED) is 0.0205. The van der Waals surface area contributed by atoms with Crippen molar-refractivity contribution in [2.45, 2.75) is 309 Å². The van der Waals surface area contributed by atoms with Crippen molar-refractivity contribution in [1.29, 1.82) is 0 Å². The van der Waals surface area contributed by atoms with E-state index in [2.05, 4.69) is 99.0 Å². The summed E-state index contributed by atoms with van der Waals surface area (Å²) in [6.45, 7) is 6.95. The fourth-order valence-electron chi connectivity index (χ4n) is 9.37. The van der Waals surface area contributed by atoms with E-state index in [0.717, 1.165) is 83.5 Å². The molecule has 464 valence electrons. The first-order chi connectivity index (χ1) is 38.9. The lowest BCUT2D eigenvalue weighted by Crippen LogP contribution is -2.47. The molecule has 2 N–H and O–H groups in total. The van der Waals surface area contributed by atoms with Crippen LogP contribution < -0.4 is 5.32 Å². The number of likely N-dealkylation sites (N-methyl/N-ethyl adjacent to an activating group) is 1. The number of hydrogen-bond acceptors (Lipinski definition) is 6. The normalized spacial score (nSPS) is 14.1. The lowest BCUT2D eigenvalue weighted by atomic mass is 10.0. The number of carbonyl (C=O) groups excluding carboxylic acids is 2. The van der Waals surface area contributed by atoms with E-state index in [4.69, 9.17) is 13.8 Å². The Morgan fingerprint density at radius 3 is 1.18 bits per heavy atom. The molecule has 0 aromatic rings. The fourth-order valence-corrected chi connectivity index (χ4v) is 10.1. The van der Waals surface area contributed by atoms with Gasteiger partial charge in [-0.15, -0.1) is 0 Å². The number of quaternary nitrogens is 1. The topological polar surface area (TPSA) is 111 Å². The Morgan fingerprint density at radius 1 is 0.438 bits per heavy atom. The molecule has 0 fully saturated rings. The van der Waals surface area contributed by atoms with Crippen LogP contribution in [0.3, 0.4) is 0 Å². The summed E-state index contributed by atoms with van der Waals surface area (Å²) in [5.41, 5.74) is 0. The number of nitrogens with zero attached hydrogens (tertiary/aromatic N) is 1. The highest BCUT2D eigenvalue weighted by molar-refractivity contribution is 7.47. The summed E-state index contributed by atoms with van der Waals surface area (Å²) in [6.07, 6.45) is 78.7. The van der Waals surface area contributed by atoms with E-state index in [1.54, 1.807) is 0 Å². The third kappa shape index (κ3) is 59.8. The van der Waals surface area contributed by atoms with Crippen molar-refractivity contribution < 1.29 is 37.3 Å². The van der Waals surface area contributed by atoms with Crippen LogP contribution in [0.25, 0.3) is 0 Å². The van der Waals surface area contributed by atoms with E-state index in [1.807, 2.05) is 33.3 Å². The smallest absolute Gasteiger partial charge is 0.456 e. The Hall–Kier alpha value is -2.81. The summed E-state index contributed by atoms with van der Waals surface area (Å²) in [7, 11) is 1.47. The zero-order valence-corrected chi connectivity index (χ0v) is 54.0. The van der Waals surface area contributed by atoms with Crippen LogP contribution in [0.2, 0.25) is 0 Å². The summed E-state index contributed by atoms with van der Waals surface area (Å²) in [5.74, 6) is -0.538. The summed E-state index contributed by atoms with van der Waals surface area (Å²) in [6, 6.07) is -0.866. The number of unbranched alkanes of at least 4 members (excludes halogenated alkanes) is 32. The van der Waals surface area contributed by atoms with E-state index in [-0.39, 0.29) is 31.5 Å². The van der Waals surface area contributed by atoms with Crippen LogP contribution in [-0.4, -0.2) is 74.3 Å². The monoisotopic (exact) mass is 1140 g/mol. The Morgan fingerprint density at radius 2 is 0.762 bits per heavy atom. The van der Waals surface area contributed by atoms with Crippen LogP contribution in [0, 0.1) is 0 Å². The van der Waals surface area contributed by atoms with Gasteiger partial charge in [0.15, 0.2) is 0 Å². The number of allylic oxidation sites excluding steroid dienone is 13. The largest absolute Gasteiger partial charge is 0.472 e. The summed E-state index contributed by atoms with van der Waals surface area (Å²) >= 11 is 0. The van der Waals surface area contributed by atoms with E-state index < -0.39 is 20.0 Å². The second-order valence-corrected chi connectivity index (χ2v) is 25.1. The zero-order valence-electron chi connectivity index (χ0n) is 53.1. The Kier molecular flexibility index (Phi) is 57.3. The molecule has 0 aromatic heterocycles. The van der Waals surface area contributed by atoms with Gasteiger partial charge in [-0.3, -0.25) is 18.6 Å². The number of carbonyl (C=O) groups is 2. The predicted octanol–water partition coefficient (Wildman–Crippen LogP) is 21.0. The molecular formula is C70H128N2O7P+. The summed E-state index contributed by atoms with van der Waals surface area (Å²) in [4.78, 5) is 37.8. The molecule has 1 amide bonds. The molecule has 0 saturated heterocycles. The Labute approximate surface area is 495 Å². The number of nitrogens with one attached hydrogen (secondary N) is 1. The van der Waals surface area contributed by atoms with Crippen LogP contribution >= 0.6 is 7.82 Å². The van der Waals surface area contributed by atoms with Gasteiger partial charge < -0.3 is 19.4 Å². The minimum Gasteiger partial charge on any atom is -0.456 e. The van der Waals surface area contributed by atoms with Gasteiger partial charge in [-0.1, -0.05) is 260 Å². The molecular weight excluding hydrogens is 1010 g/mol. The van der Waals surface area contributed by atoms with Gasteiger partial charge in [-0.25, -0.2) is 4.57 Å². The number of phosphoric acid groups is 1. The first-order valence-corrected chi connectivity index (χ1v) is 34.9. The van der Waals surface area contributed by atoms with Gasteiger partial charge in [0.1, 0.15) is 19.3 Å². The van der Waals surface area contributed by atoms with Crippen LogP contribution in [0.1, 0.15) is 297 Å². The fraction of sp³-hybridized carbons (Fsp3) is 0.771. The second-order valence-electron chi connectivity index (χ2n) is 23.6. The molecule has 9 nitrogen and oxygen atoms in total. The number of hydrogen-bond donors (Lipinski definition) is 2. The molecule has 0 spiro atoms. The van der Waals surface area contributed by atoms with E-state index in [9.17, 15) is 19.0 Å². The molecule has 0 radical (unpaired) electrons. The summed E-state index contributed by atoms with van der Waals surface area (Å²) < 4.78 is 30.7. The Balaban J connectivity index is 5.20. The minimum absolute atomic E-state index is 0.0322. The van der Waals surface area contributed by atoms with Gasteiger partial charge in [0.05, 0.1) is 33.8 Å². The standard InChI is InChI=1S/C70H127N2O7P/c1-7-10-13-16-19-22-25-28-30-32-34-35-36-37-39-40-42-44-47-50-53-56-59-62-69(73)71-67(66-78-80(75,76)77-65-64-72(4,5)6)68(61-58-55-52-49-46-27-24-21-18-15-12-9-3)79-70(74)63-60-57-54-51-48-45-43-41-38-33-31-29-26-23-20-17-14-11-8-2/h19-20,22-23,28-31,38,41,45,48,58,61,67-68H,7-18,21,24-27,32-37,39-40,42-44,46-47,49-57,59-60,62-66H2,1-6H3,(H-,71,73,75,76)/p+1/b22-19-,23-20-,30-28-,31-29-,41-38-,48-45-,61-58-. The zero-order chi connectivity index (χ0) is 58.6. The molecule has 0 heterocycles. The highest BCUT2D eigenvalue weighted by Crippen LogP contribution is 2.43. The molecule has 0 aliphatic carbocycles. The molecule has 0 aromatic carbocycles. The van der Waals surface area contributed by atoms with E-state index >= 15 is 0 Å². The van der Waals surface area contributed by atoms with Gasteiger partial charge in [0.2, 0.25) is 5.91 Å². The third-order valence-electron chi connectivity index (χ3n) is 14.6. The van der Waals surface area contributed by atoms with Crippen molar-refractivity contribution in [2.75, 3.05) is 40.9 Å². The molecule has 3 atom stereocenters. The van der Waals surface area contributed by atoms with Crippen molar-refractivity contribution >= 4 is 19.7 Å². The highest BCUT2D eigenvalue weighted by atomic mass is 31.2. The average molecular weight is 1140 g/mol. The van der Waals surface area contributed by atoms with Crippen LogP contribution in [0.4, 0.5) is 0 Å². The maximum absolute atomic E-state index is 13.6. The predicted molar refractivity (Wildman–Crippen MR) is 346 cm³/mol. The van der Waals surface area contributed by atoms with Crippen molar-refractivity contribution in [3.05, 3.63) is 85.1 Å². The maximum atomic E-state index is 13.6. The van der Waals surface area contributed by atoms with Crippen LogP contribution in [-0.2, 0) is 27.9 Å². The molecule has 0 rings (SSSR count). The Bertz CT molecular complexity index is 1640.